The maximum absolute atomic E-state index is 11.2. The largest absolute Gasteiger partial charge is 1.00 e. The molecule has 18 nitrogen and oxygen atoms in total. The number of carbonyl (C=O) groups is 2. The maximum Gasteiger partial charge on any atom is 1.00 e. The first-order chi connectivity index (χ1) is 49.7. The summed E-state index contributed by atoms with van der Waals surface area (Å²) in [5.74, 6) is 2.56. The minimum absolute atomic E-state index is 0. The fourth-order valence-corrected chi connectivity index (χ4v) is 12.4. The number of aldehydes is 1. The van der Waals surface area contributed by atoms with E-state index in [9.17, 15) is 9.59 Å². The predicted octanol–water partition coefficient (Wildman–Crippen LogP) is 17.5. The Morgan fingerprint density at radius 3 is 1.39 bits per heavy atom. The Bertz CT molecular complexity index is 4440. The van der Waals surface area contributed by atoms with Crippen LogP contribution in [0.25, 0.3) is 14.5 Å². The third-order valence-electron chi connectivity index (χ3n) is 15.5. The molecule has 2 heterocycles. The molecule has 2 aliphatic rings. The van der Waals surface area contributed by atoms with Gasteiger partial charge >= 0.3 is 41.9 Å². The molecule has 9 aromatic carbocycles. The first-order valence-electron chi connectivity index (χ1n) is 30.9. The number of halogens is 8. The van der Waals surface area contributed by atoms with E-state index in [0.29, 0.717) is 88.1 Å². The zero-order valence-electron chi connectivity index (χ0n) is 59.5. The molecule has 0 aromatic heterocycles. The van der Waals surface area contributed by atoms with Crippen molar-refractivity contribution in [1.29, 1.82) is 5.26 Å². The van der Waals surface area contributed by atoms with Gasteiger partial charge in [0.2, 0.25) is 0 Å². The van der Waals surface area contributed by atoms with E-state index in [1.807, 2.05) is 78.9 Å². The summed E-state index contributed by atoms with van der Waals surface area (Å²) in [6.45, 7) is 31.3. The van der Waals surface area contributed by atoms with Gasteiger partial charge in [0.25, 0.3) is 0 Å². The van der Waals surface area contributed by atoms with Crippen molar-refractivity contribution < 1.29 is 85.6 Å². The van der Waals surface area contributed by atoms with Crippen molar-refractivity contribution in [1.82, 2.24) is 10.2 Å². The van der Waals surface area contributed by atoms with Gasteiger partial charge in [0, 0.05) is 100.0 Å². The van der Waals surface area contributed by atoms with Crippen LogP contribution < -0.4 is 57.7 Å². The Labute approximate surface area is 700 Å². The van der Waals surface area contributed by atoms with Gasteiger partial charge in [-0.1, -0.05) is 176 Å². The first kappa shape index (κ1) is 97.4. The molecule has 2 atom stereocenters. The third-order valence-corrected chi connectivity index (χ3v) is 18.0. The molecular weight excluding hydrogens is 1660 g/mol. The molecule has 0 bridgehead atoms. The number of esters is 1. The second kappa shape index (κ2) is 51.7. The molecule has 11 rings (SSSR count). The van der Waals surface area contributed by atoms with E-state index in [-0.39, 0.29) is 78.5 Å². The summed E-state index contributed by atoms with van der Waals surface area (Å²) in [5.41, 5.74) is 9.38. The van der Waals surface area contributed by atoms with Crippen molar-refractivity contribution >= 4 is 151 Å². The van der Waals surface area contributed by atoms with Gasteiger partial charge in [0.1, 0.15) is 34.3 Å². The van der Waals surface area contributed by atoms with Gasteiger partial charge in [-0.25, -0.2) is 19.3 Å². The van der Waals surface area contributed by atoms with Crippen molar-refractivity contribution in [2.45, 2.75) is 39.3 Å². The zero-order chi connectivity index (χ0) is 75.5. The standard InChI is InChI=1S/C25H22Cl3N3O.C16H15Cl3N2.C9H9BrO3.C9H9NO2.C9H7NO2.C8H9BrO2.CN.CH4.B.Cu.Li.H/c1-29-21-9-5-18(25(14-21)32-2)15-30-11-12-31(23-10-8-20(27)13-22(23)28)24(16-30)17-3-6-19(26)7-4-17;17-12-3-1-11(2-4-12)16-10-20-7-8-21(16)15-6-5-13(18)9-14(15)19;1-12-8-5-6(10)3-4-7(8)9(11)13-2;2*1-10-8-4-3-7(6-11)9(5-8)12-2;1-11-8-4-7(9)3-2-6(8)5-10;1-2;;;;;/h3-10,13-14,24H,11-12,15-16H2,2H3;1-6,9,16,20H,7-8,10H2;3-5H,1-2H3;3-5,11H,6H2,2H3;3-6H,2H3;2-4,10H,5H2,1H3;;1H4;;;;/q;;;;;;-1;;;2*+1;-1/t24-;16-;;;;;;;;;;/m00........../s1. The number of nitrogens with zero attached hydrogens (tertiary/aromatic N) is 7. The normalized spacial score (nSPS) is 12.8. The number of piperazine rings is 2. The zero-order valence-corrected chi connectivity index (χ0v) is 67.2. The number of hydrogen-bond donors (Lipinski definition) is 3. The van der Waals surface area contributed by atoms with Crippen LogP contribution >= 0.6 is 101 Å². The van der Waals surface area contributed by atoms with Crippen LogP contribution in [-0.2, 0) is 41.6 Å². The Morgan fingerprint density at radius 2 is 0.944 bits per heavy atom. The van der Waals surface area contributed by atoms with Crippen LogP contribution in [0.1, 0.15) is 69.5 Å². The van der Waals surface area contributed by atoms with Gasteiger partial charge in [0.05, 0.1) is 115 Å². The average Bonchev–Trinajstić information content (AvgIpc) is 0.793. The van der Waals surface area contributed by atoms with Crippen LogP contribution in [0.4, 0.5) is 28.4 Å². The van der Waals surface area contributed by atoms with Gasteiger partial charge in [-0.2, -0.15) is 0 Å². The van der Waals surface area contributed by atoms with Crippen LogP contribution in [0.2, 0.25) is 30.1 Å². The van der Waals surface area contributed by atoms with E-state index in [2.05, 4.69) is 95.4 Å². The maximum atomic E-state index is 11.2. The van der Waals surface area contributed by atoms with Crippen LogP contribution in [0.5, 0.6) is 28.7 Å². The van der Waals surface area contributed by atoms with Gasteiger partial charge in [-0.15, -0.1) is 0 Å². The molecule has 9 aromatic rings. The van der Waals surface area contributed by atoms with Gasteiger partial charge in [-0.05, 0) is 120 Å². The van der Waals surface area contributed by atoms with Crippen LogP contribution in [0, 0.1) is 31.6 Å². The van der Waals surface area contributed by atoms with Gasteiger partial charge in [-0.3, -0.25) is 9.69 Å². The number of methoxy groups -OCH3 is 6. The number of carbonyl (C=O) groups excluding carboxylic acids is 2. The average molecular weight is 1740 g/mol. The van der Waals surface area contributed by atoms with E-state index in [0.717, 1.165) is 88.0 Å². The third kappa shape index (κ3) is 29.7. The molecule has 559 valence electrons. The van der Waals surface area contributed by atoms with Crippen molar-refractivity contribution in [3.63, 3.8) is 0 Å². The molecule has 3 radical (unpaired) electrons. The minimum Gasteiger partial charge on any atom is -1.00 e. The molecule has 2 fully saturated rings. The fraction of sp³-hybridized carbons (Fsp3) is 0.231. The van der Waals surface area contributed by atoms with Crippen molar-refractivity contribution in [2.75, 3.05) is 91.7 Å². The molecule has 3 N–H and O–H groups in total. The Kier molecular flexibility index (Phi) is 47.0. The number of ether oxygens (including phenoxy) is 6. The molecule has 0 unspecified atom stereocenters. The van der Waals surface area contributed by atoms with E-state index < -0.39 is 5.97 Å². The van der Waals surface area contributed by atoms with Crippen molar-refractivity contribution in [3.05, 3.63) is 295 Å². The summed E-state index contributed by atoms with van der Waals surface area (Å²) >= 11 is 43.8. The predicted molar refractivity (Wildman–Crippen MR) is 430 cm³/mol. The summed E-state index contributed by atoms with van der Waals surface area (Å²) in [6.07, 6.45) is 0.701. The monoisotopic (exact) mass is 1730 g/mol. The number of anilines is 2. The summed E-state index contributed by atoms with van der Waals surface area (Å²) in [7, 11) is 9.06. The second-order valence-corrected chi connectivity index (χ2v) is 26.0. The Balaban J connectivity index is 0.00000132. The molecule has 29 heteroatoms. The SMILES string of the molecule is C.COC(=O)c1ccc(Br)cc1OC.COc1cc(Br)ccc1CO.Clc1ccc([C@@H]2CNCCN2c2ccc(Cl)cc2Cl)cc1.[B].[C-]#N.[C-]#[N+]c1ccc(C=O)c(OC)c1.[C-]#[N+]c1ccc(CN2CCN(c3ccc(Cl)cc3Cl)[C@H](c3ccc(Cl)cc3)C2)c(OC)c1.[C-]#[N+]c1ccc(CO)c(OC)c1.[Cu+].[H-].[Li+]. The molecule has 0 aliphatic carbocycles. The van der Waals surface area contributed by atoms with Gasteiger partial charge < -0.3 is 67.0 Å². The quantitative estimate of drug-likeness (QED) is 0.0380. The molecular formula is C78H76BBr2Cl6CuLiN8O10. The summed E-state index contributed by atoms with van der Waals surface area (Å²) in [4.78, 5) is 38.6. The topological polar surface area (TPSA) is 189 Å². The Hall–Kier alpha value is -7.60. The number of aliphatic hydroxyl groups is 2. The molecule has 0 spiro atoms. The van der Waals surface area contributed by atoms with E-state index in [4.69, 9.17) is 135 Å². The van der Waals surface area contributed by atoms with Crippen LogP contribution in [0.3, 0.4) is 0 Å². The van der Waals surface area contributed by atoms with Crippen LogP contribution in [0.15, 0.2) is 185 Å². The van der Waals surface area contributed by atoms with Crippen molar-refractivity contribution in [3.8, 4) is 28.7 Å². The molecule has 0 amide bonds. The summed E-state index contributed by atoms with van der Waals surface area (Å²) < 4.78 is 31.9. The molecule has 2 saturated heterocycles. The van der Waals surface area contributed by atoms with E-state index >= 15 is 0 Å². The molecule has 2 aliphatic heterocycles. The van der Waals surface area contributed by atoms with Crippen LogP contribution in [-0.4, -0.2) is 118 Å². The van der Waals surface area contributed by atoms with E-state index in [1.54, 1.807) is 80.9 Å². The number of benzene rings is 9. The number of aliphatic hydroxyl groups excluding tert-OH is 2. The Morgan fingerprint density at radius 1 is 0.542 bits per heavy atom. The number of hydrogen-bond acceptors (Lipinski definition) is 15. The van der Waals surface area contributed by atoms with E-state index in [1.165, 1.54) is 45.6 Å². The number of nitrogens with one attached hydrogen (secondary N) is 1. The fourth-order valence-electron chi connectivity index (χ4n) is 10.4. The van der Waals surface area contributed by atoms with Crippen molar-refractivity contribution in [2.24, 2.45) is 0 Å². The number of rotatable bonds is 15. The molecule has 107 heavy (non-hydrogen) atoms. The smallest absolute Gasteiger partial charge is 1.00 e. The molecule has 0 saturated carbocycles. The minimum atomic E-state index is -0.399. The summed E-state index contributed by atoms with van der Waals surface area (Å²) in [5, 5.41) is 31.4. The second-order valence-electron chi connectivity index (χ2n) is 21.6. The first-order valence-corrected chi connectivity index (χ1v) is 34.7. The summed E-state index contributed by atoms with van der Waals surface area (Å²) in [6, 6.07) is 53.5. The van der Waals surface area contributed by atoms with Gasteiger partial charge in [0.15, 0.2) is 23.3 Å².